The van der Waals surface area contributed by atoms with Gasteiger partial charge in [0.05, 0.1) is 0 Å². The molecule has 1 fully saturated rings. The van der Waals surface area contributed by atoms with Crippen molar-refractivity contribution in [3.8, 4) is 0 Å². The van der Waals surface area contributed by atoms with Crippen molar-refractivity contribution in [2.75, 3.05) is 26.2 Å². The van der Waals surface area contributed by atoms with Gasteiger partial charge in [-0.25, -0.2) is 0 Å². The third-order valence-electron chi connectivity index (χ3n) is 3.79. The van der Waals surface area contributed by atoms with Crippen molar-refractivity contribution in [3.63, 3.8) is 0 Å². The summed E-state index contributed by atoms with van der Waals surface area (Å²) in [5.41, 5.74) is 1.42. The van der Waals surface area contributed by atoms with E-state index in [1.165, 1.54) is 31.5 Å². The molecule has 2 heteroatoms. The Morgan fingerprint density at radius 1 is 1.33 bits per heavy atom. The van der Waals surface area contributed by atoms with Gasteiger partial charge in [-0.2, -0.15) is 0 Å². The Hall–Kier alpha value is -0.860. The summed E-state index contributed by atoms with van der Waals surface area (Å²) in [7, 11) is 0. The maximum atomic E-state index is 3.69. The number of benzene rings is 1. The Morgan fingerprint density at radius 2 is 2.11 bits per heavy atom. The molecule has 0 radical (unpaired) electrons. The fourth-order valence-electron chi connectivity index (χ4n) is 2.74. The number of hydrogen-bond donors (Lipinski definition) is 1. The number of rotatable bonds is 6. The summed E-state index contributed by atoms with van der Waals surface area (Å²) in [4.78, 5) is 2.60. The molecule has 0 aromatic heterocycles. The maximum absolute atomic E-state index is 3.69. The molecule has 0 saturated carbocycles. The van der Waals surface area contributed by atoms with E-state index in [0.29, 0.717) is 6.04 Å². The fraction of sp³-hybridized carbons (Fsp3) is 0.625. The molecule has 1 N–H and O–H groups in total. The van der Waals surface area contributed by atoms with E-state index in [2.05, 4.69) is 54.4 Å². The van der Waals surface area contributed by atoms with E-state index in [-0.39, 0.29) is 0 Å². The first kappa shape index (κ1) is 13.6. The van der Waals surface area contributed by atoms with Gasteiger partial charge in [0, 0.05) is 19.1 Å². The predicted molar refractivity (Wildman–Crippen MR) is 77.7 cm³/mol. The van der Waals surface area contributed by atoms with Gasteiger partial charge in [0.15, 0.2) is 0 Å². The largest absolute Gasteiger partial charge is 0.309 e. The van der Waals surface area contributed by atoms with Crippen LogP contribution < -0.4 is 5.32 Å². The molecule has 2 atom stereocenters. The highest BCUT2D eigenvalue weighted by Crippen LogP contribution is 2.20. The van der Waals surface area contributed by atoms with Gasteiger partial charge in [-0.1, -0.05) is 44.2 Å². The standard InChI is InChI=1S/C16H26N2/c1-3-10-17-16(15-7-5-4-6-8-15)13-18-11-9-14(2)12-18/h4-8,14,16-17H,3,9-13H2,1-2H3. The van der Waals surface area contributed by atoms with Crippen LogP contribution in [0.15, 0.2) is 30.3 Å². The lowest BCUT2D eigenvalue weighted by Crippen LogP contribution is -2.34. The van der Waals surface area contributed by atoms with Crippen molar-refractivity contribution in [1.82, 2.24) is 10.2 Å². The highest BCUT2D eigenvalue weighted by Gasteiger charge is 2.22. The summed E-state index contributed by atoms with van der Waals surface area (Å²) in [6, 6.07) is 11.3. The fourth-order valence-corrected chi connectivity index (χ4v) is 2.74. The van der Waals surface area contributed by atoms with Crippen LogP contribution in [0.25, 0.3) is 0 Å². The minimum absolute atomic E-state index is 0.483. The summed E-state index contributed by atoms with van der Waals surface area (Å²) >= 11 is 0. The first-order chi connectivity index (χ1) is 8.79. The Balaban J connectivity index is 1.96. The molecule has 100 valence electrons. The van der Waals surface area contributed by atoms with Crippen LogP contribution in [0, 0.1) is 5.92 Å². The molecule has 18 heavy (non-hydrogen) atoms. The van der Waals surface area contributed by atoms with Gasteiger partial charge in [-0.15, -0.1) is 0 Å². The summed E-state index contributed by atoms with van der Waals surface area (Å²) < 4.78 is 0. The van der Waals surface area contributed by atoms with Gasteiger partial charge >= 0.3 is 0 Å². The molecule has 1 aliphatic heterocycles. The first-order valence-electron chi connectivity index (χ1n) is 7.30. The smallest absolute Gasteiger partial charge is 0.0449 e. The summed E-state index contributed by atoms with van der Waals surface area (Å²) in [5, 5.41) is 3.69. The van der Waals surface area contributed by atoms with Crippen LogP contribution in [0.4, 0.5) is 0 Å². The number of nitrogens with zero attached hydrogens (tertiary/aromatic N) is 1. The zero-order chi connectivity index (χ0) is 12.8. The lowest BCUT2D eigenvalue weighted by Gasteiger charge is -2.25. The molecule has 2 unspecified atom stereocenters. The molecule has 2 nitrogen and oxygen atoms in total. The Morgan fingerprint density at radius 3 is 2.72 bits per heavy atom. The van der Waals surface area contributed by atoms with E-state index in [4.69, 9.17) is 0 Å². The Bertz CT molecular complexity index is 336. The molecule has 0 aliphatic carbocycles. The molecule has 1 aliphatic rings. The minimum Gasteiger partial charge on any atom is -0.309 e. The van der Waals surface area contributed by atoms with Crippen molar-refractivity contribution in [1.29, 1.82) is 0 Å². The summed E-state index contributed by atoms with van der Waals surface area (Å²) in [5.74, 6) is 0.868. The topological polar surface area (TPSA) is 15.3 Å². The average molecular weight is 246 g/mol. The van der Waals surface area contributed by atoms with E-state index < -0.39 is 0 Å². The number of likely N-dealkylation sites (tertiary alicyclic amines) is 1. The van der Waals surface area contributed by atoms with E-state index in [1.807, 2.05) is 0 Å². The van der Waals surface area contributed by atoms with Gasteiger partial charge in [-0.3, -0.25) is 0 Å². The van der Waals surface area contributed by atoms with Crippen LogP contribution in [0.3, 0.4) is 0 Å². The first-order valence-corrected chi connectivity index (χ1v) is 7.30. The van der Waals surface area contributed by atoms with Crippen molar-refractivity contribution in [2.45, 2.75) is 32.7 Å². The monoisotopic (exact) mass is 246 g/mol. The third-order valence-corrected chi connectivity index (χ3v) is 3.79. The Kier molecular flexibility index (Phi) is 5.21. The second kappa shape index (κ2) is 6.91. The molecule has 1 aromatic carbocycles. The molecule has 0 spiro atoms. The molecular formula is C16H26N2. The van der Waals surface area contributed by atoms with Gasteiger partial charge in [0.25, 0.3) is 0 Å². The predicted octanol–water partition coefficient (Wildman–Crippen LogP) is 3.07. The van der Waals surface area contributed by atoms with Crippen molar-refractivity contribution < 1.29 is 0 Å². The van der Waals surface area contributed by atoms with Crippen molar-refractivity contribution in [3.05, 3.63) is 35.9 Å². The Labute approximate surface area is 111 Å². The van der Waals surface area contributed by atoms with Crippen LogP contribution in [0.2, 0.25) is 0 Å². The lowest BCUT2D eigenvalue weighted by molar-refractivity contribution is 0.285. The van der Waals surface area contributed by atoms with E-state index in [0.717, 1.165) is 19.0 Å². The zero-order valence-corrected chi connectivity index (χ0v) is 11.7. The van der Waals surface area contributed by atoms with E-state index in [1.54, 1.807) is 0 Å². The number of nitrogens with one attached hydrogen (secondary N) is 1. The molecular weight excluding hydrogens is 220 g/mol. The van der Waals surface area contributed by atoms with Crippen LogP contribution >= 0.6 is 0 Å². The quantitative estimate of drug-likeness (QED) is 0.830. The maximum Gasteiger partial charge on any atom is 0.0449 e. The molecule has 1 heterocycles. The lowest BCUT2D eigenvalue weighted by atomic mass is 10.1. The van der Waals surface area contributed by atoms with E-state index >= 15 is 0 Å². The average Bonchev–Trinajstić information content (AvgIpc) is 2.81. The van der Waals surface area contributed by atoms with Crippen molar-refractivity contribution >= 4 is 0 Å². The van der Waals surface area contributed by atoms with Gasteiger partial charge in [-0.05, 0) is 37.4 Å². The van der Waals surface area contributed by atoms with Gasteiger partial charge in [0.2, 0.25) is 0 Å². The molecule has 1 saturated heterocycles. The summed E-state index contributed by atoms with van der Waals surface area (Å²) in [6.07, 6.45) is 2.55. The second-order valence-electron chi connectivity index (χ2n) is 5.57. The minimum atomic E-state index is 0.483. The van der Waals surface area contributed by atoms with Crippen molar-refractivity contribution in [2.24, 2.45) is 5.92 Å². The van der Waals surface area contributed by atoms with Crippen LogP contribution in [-0.2, 0) is 0 Å². The van der Waals surface area contributed by atoms with Crippen LogP contribution in [0.1, 0.15) is 38.3 Å². The van der Waals surface area contributed by atoms with Crippen LogP contribution in [0.5, 0.6) is 0 Å². The normalized spacial score (nSPS) is 22.2. The molecule has 2 rings (SSSR count). The van der Waals surface area contributed by atoms with E-state index in [9.17, 15) is 0 Å². The highest BCUT2D eigenvalue weighted by atomic mass is 15.2. The molecule has 1 aromatic rings. The summed E-state index contributed by atoms with van der Waals surface area (Å²) in [6.45, 7) is 9.36. The number of hydrogen-bond acceptors (Lipinski definition) is 2. The van der Waals surface area contributed by atoms with Gasteiger partial charge < -0.3 is 10.2 Å². The third kappa shape index (κ3) is 3.82. The molecule has 0 amide bonds. The zero-order valence-electron chi connectivity index (χ0n) is 11.7. The second-order valence-corrected chi connectivity index (χ2v) is 5.57. The highest BCUT2D eigenvalue weighted by molar-refractivity contribution is 5.19. The van der Waals surface area contributed by atoms with Crippen LogP contribution in [-0.4, -0.2) is 31.1 Å². The molecule has 0 bridgehead atoms. The van der Waals surface area contributed by atoms with Gasteiger partial charge in [0.1, 0.15) is 0 Å². The SMILES string of the molecule is CCCNC(CN1CCC(C)C1)c1ccccc1.